The molecule has 0 fully saturated rings. The van der Waals surface area contributed by atoms with Gasteiger partial charge >= 0.3 is 0 Å². The number of halogens is 1. The Bertz CT molecular complexity index is 1090. The number of aliphatic imine (C=N–C) groups is 1. The van der Waals surface area contributed by atoms with E-state index in [9.17, 15) is 9.18 Å². The van der Waals surface area contributed by atoms with Crippen LogP contribution in [0.15, 0.2) is 65.2 Å². The van der Waals surface area contributed by atoms with E-state index in [0.717, 1.165) is 22.3 Å². The zero-order valence-corrected chi connectivity index (χ0v) is 15.2. The van der Waals surface area contributed by atoms with Gasteiger partial charge in [-0.3, -0.25) is 9.79 Å². The first-order valence-electron chi connectivity index (χ1n) is 8.84. The maximum absolute atomic E-state index is 13.3. The third kappa shape index (κ3) is 3.59. The fourth-order valence-electron chi connectivity index (χ4n) is 3.09. The number of para-hydroxylation sites is 1. The van der Waals surface area contributed by atoms with Gasteiger partial charge in [0.1, 0.15) is 23.5 Å². The van der Waals surface area contributed by atoms with Gasteiger partial charge in [-0.05, 0) is 48.4 Å². The maximum atomic E-state index is 13.3. The molecule has 1 aromatic heterocycles. The number of amidine groups is 1. The van der Waals surface area contributed by atoms with Crippen LogP contribution in [0, 0.1) is 5.82 Å². The van der Waals surface area contributed by atoms with E-state index in [0.29, 0.717) is 30.2 Å². The first-order valence-corrected chi connectivity index (χ1v) is 8.84. The van der Waals surface area contributed by atoms with Crippen LogP contribution in [-0.2, 0) is 4.79 Å². The minimum Gasteiger partial charge on any atom is -0.345 e. The monoisotopic (exact) mass is 375 g/mol. The largest absolute Gasteiger partial charge is 0.345 e. The Kier molecular flexibility index (Phi) is 4.80. The van der Waals surface area contributed by atoms with Crippen molar-refractivity contribution in [3.63, 3.8) is 0 Å². The molecule has 28 heavy (non-hydrogen) atoms. The van der Waals surface area contributed by atoms with Crippen molar-refractivity contribution in [2.75, 3.05) is 11.9 Å². The van der Waals surface area contributed by atoms with Crippen LogP contribution in [-0.4, -0.2) is 28.8 Å². The van der Waals surface area contributed by atoms with E-state index < -0.39 is 6.04 Å². The normalized spacial score (nSPS) is 14.4. The Morgan fingerprint density at radius 3 is 2.61 bits per heavy atom. The Labute approximate surface area is 161 Å². The number of carbonyl (C=O) groups is 1. The topological polar surface area (TPSA) is 79.3 Å². The van der Waals surface area contributed by atoms with Gasteiger partial charge in [0.05, 0.1) is 12.1 Å². The third-order valence-electron chi connectivity index (χ3n) is 4.45. The SMILES string of the molecule is CC1=CC(Nc2nc(C(NC=O)c3ccc(F)cc3)nc3ccccc23)=NC1. The fourth-order valence-corrected chi connectivity index (χ4v) is 3.09. The summed E-state index contributed by atoms with van der Waals surface area (Å²) in [7, 11) is 0. The molecule has 0 saturated carbocycles. The molecule has 2 heterocycles. The molecular weight excluding hydrogens is 357 g/mol. The fraction of sp³-hybridized carbons (Fsp3) is 0.143. The van der Waals surface area contributed by atoms with Gasteiger partial charge in [0, 0.05) is 5.39 Å². The van der Waals surface area contributed by atoms with Gasteiger partial charge in [-0.1, -0.05) is 24.3 Å². The molecule has 6 nitrogen and oxygen atoms in total. The lowest BCUT2D eigenvalue weighted by molar-refractivity contribution is -0.110. The summed E-state index contributed by atoms with van der Waals surface area (Å²) in [5.74, 6) is 1.38. The summed E-state index contributed by atoms with van der Waals surface area (Å²) >= 11 is 0. The second-order valence-corrected chi connectivity index (χ2v) is 6.53. The van der Waals surface area contributed by atoms with Crippen LogP contribution in [0.25, 0.3) is 10.9 Å². The maximum Gasteiger partial charge on any atom is 0.207 e. The third-order valence-corrected chi connectivity index (χ3v) is 4.45. The number of anilines is 1. The summed E-state index contributed by atoms with van der Waals surface area (Å²) in [6.07, 6.45) is 2.56. The van der Waals surface area contributed by atoms with Crippen LogP contribution in [0.1, 0.15) is 24.4 Å². The van der Waals surface area contributed by atoms with Gasteiger partial charge in [-0.15, -0.1) is 0 Å². The molecule has 0 bridgehead atoms. The molecule has 0 saturated heterocycles. The number of nitrogens with one attached hydrogen (secondary N) is 2. The molecule has 140 valence electrons. The molecule has 3 aromatic rings. The summed E-state index contributed by atoms with van der Waals surface area (Å²) < 4.78 is 13.3. The standard InChI is InChI=1S/C21H18FN5O/c1-13-10-18(23-11-13)26-20-16-4-2-3-5-17(16)25-21(27-20)19(24-12-28)14-6-8-15(22)9-7-14/h2-10,12,19H,11H2,1H3,(H,24,28)(H,23,25,26,27). The minimum atomic E-state index is -0.606. The van der Waals surface area contributed by atoms with Gasteiger partial charge in [0.2, 0.25) is 6.41 Å². The van der Waals surface area contributed by atoms with Gasteiger partial charge < -0.3 is 10.6 Å². The molecule has 2 aromatic carbocycles. The molecule has 1 aliphatic heterocycles. The van der Waals surface area contributed by atoms with Crippen LogP contribution >= 0.6 is 0 Å². The Morgan fingerprint density at radius 2 is 1.89 bits per heavy atom. The number of hydrogen-bond acceptors (Lipinski definition) is 5. The number of amides is 1. The number of aromatic nitrogens is 2. The molecule has 1 unspecified atom stereocenters. The van der Waals surface area contributed by atoms with Crippen LogP contribution in [0.5, 0.6) is 0 Å². The predicted octanol–water partition coefficient (Wildman–Crippen LogP) is 3.37. The lowest BCUT2D eigenvalue weighted by atomic mass is 10.1. The summed E-state index contributed by atoms with van der Waals surface area (Å²) in [6.45, 7) is 2.67. The number of carbonyl (C=O) groups excluding carboxylic acids is 1. The van der Waals surface area contributed by atoms with Crippen molar-refractivity contribution in [3.05, 3.63) is 77.4 Å². The van der Waals surface area contributed by atoms with Crippen molar-refractivity contribution < 1.29 is 9.18 Å². The summed E-state index contributed by atoms with van der Waals surface area (Å²) in [5, 5.41) is 6.83. The van der Waals surface area contributed by atoms with E-state index in [-0.39, 0.29) is 5.82 Å². The van der Waals surface area contributed by atoms with E-state index in [1.165, 1.54) is 12.1 Å². The number of fused-ring (bicyclic) bond motifs is 1. The second-order valence-electron chi connectivity index (χ2n) is 6.53. The van der Waals surface area contributed by atoms with Crippen molar-refractivity contribution in [2.24, 2.45) is 4.99 Å². The highest BCUT2D eigenvalue weighted by Gasteiger charge is 2.20. The molecule has 1 aliphatic rings. The van der Waals surface area contributed by atoms with Crippen LogP contribution < -0.4 is 10.6 Å². The Balaban J connectivity index is 1.81. The molecule has 0 aliphatic carbocycles. The highest BCUT2D eigenvalue weighted by atomic mass is 19.1. The molecule has 0 spiro atoms. The quantitative estimate of drug-likeness (QED) is 0.670. The summed E-state index contributed by atoms with van der Waals surface area (Å²) in [4.78, 5) is 24.9. The second kappa shape index (κ2) is 7.56. The first kappa shape index (κ1) is 17.8. The van der Waals surface area contributed by atoms with Crippen molar-refractivity contribution >= 4 is 29.0 Å². The number of hydrogen-bond donors (Lipinski definition) is 2. The Hall–Kier alpha value is -3.61. The smallest absolute Gasteiger partial charge is 0.207 e. The number of nitrogens with zero attached hydrogens (tertiary/aromatic N) is 3. The van der Waals surface area contributed by atoms with Gasteiger partial charge in [0.25, 0.3) is 0 Å². The summed E-state index contributed by atoms with van der Waals surface area (Å²) in [6, 6.07) is 12.9. The minimum absolute atomic E-state index is 0.350. The molecule has 2 N–H and O–H groups in total. The summed E-state index contributed by atoms with van der Waals surface area (Å²) in [5.41, 5.74) is 2.57. The van der Waals surface area contributed by atoms with E-state index in [4.69, 9.17) is 0 Å². The lowest BCUT2D eigenvalue weighted by Gasteiger charge is -2.17. The lowest BCUT2D eigenvalue weighted by Crippen LogP contribution is -2.24. The zero-order chi connectivity index (χ0) is 19.5. The number of rotatable bonds is 5. The van der Waals surface area contributed by atoms with Gasteiger partial charge in [-0.2, -0.15) is 0 Å². The predicted molar refractivity (Wildman–Crippen MR) is 107 cm³/mol. The van der Waals surface area contributed by atoms with E-state index >= 15 is 0 Å². The van der Waals surface area contributed by atoms with E-state index in [1.54, 1.807) is 12.1 Å². The molecule has 0 radical (unpaired) electrons. The number of benzene rings is 2. The van der Waals surface area contributed by atoms with Crippen molar-refractivity contribution in [1.29, 1.82) is 0 Å². The van der Waals surface area contributed by atoms with Gasteiger partial charge in [0.15, 0.2) is 5.82 Å². The Morgan fingerprint density at radius 1 is 1.11 bits per heavy atom. The highest BCUT2D eigenvalue weighted by Crippen LogP contribution is 2.26. The molecule has 7 heteroatoms. The van der Waals surface area contributed by atoms with Crippen molar-refractivity contribution in [1.82, 2.24) is 15.3 Å². The molecule has 1 amide bonds. The molecule has 1 atom stereocenters. The average Bonchev–Trinajstić information content (AvgIpc) is 3.11. The molecule has 4 rings (SSSR count). The molecular formula is C21H18FN5O. The highest BCUT2D eigenvalue weighted by molar-refractivity contribution is 6.08. The van der Waals surface area contributed by atoms with Gasteiger partial charge in [-0.25, -0.2) is 14.4 Å². The van der Waals surface area contributed by atoms with E-state index in [1.807, 2.05) is 37.3 Å². The van der Waals surface area contributed by atoms with Crippen LogP contribution in [0.4, 0.5) is 10.2 Å². The first-order chi connectivity index (χ1) is 13.6. The van der Waals surface area contributed by atoms with Crippen LogP contribution in [0.3, 0.4) is 0 Å². The van der Waals surface area contributed by atoms with Crippen LogP contribution in [0.2, 0.25) is 0 Å². The van der Waals surface area contributed by atoms with Crippen molar-refractivity contribution in [2.45, 2.75) is 13.0 Å². The average molecular weight is 375 g/mol. The van der Waals surface area contributed by atoms with Crippen molar-refractivity contribution in [3.8, 4) is 0 Å². The van der Waals surface area contributed by atoms with E-state index in [2.05, 4.69) is 25.6 Å². The zero-order valence-electron chi connectivity index (χ0n) is 15.2.